The highest BCUT2D eigenvalue weighted by atomic mass is 16.5. The number of rotatable bonds is 3. The number of carbonyl (C=O) groups is 1. The monoisotopic (exact) mass is 226 g/mol. The van der Waals surface area contributed by atoms with Crippen molar-refractivity contribution in [1.29, 1.82) is 0 Å². The number of aryl methyl sites for hydroxylation is 1. The molecule has 88 valence electrons. The Morgan fingerprint density at radius 3 is 2.50 bits per heavy atom. The van der Waals surface area contributed by atoms with Crippen LogP contribution in [0.15, 0.2) is 6.07 Å². The van der Waals surface area contributed by atoms with Gasteiger partial charge in [-0.05, 0) is 18.6 Å². The van der Waals surface area contributed by atoms with Crippen molar-refractivity contribution in [3.63, 3.8) is 0 Å². The van der Waals surface area contributed by atoms with E-state index in [-0.39, 0.29) is 29.2 Å². The predicted octanol–water partition coefficient (Wildman–Crippen LogP) is 1.34. The van der Waals surface area contributed by atoms with Gasteiger partial charge in [0, 0.05) is 12.7 Å². The van der Waals surface area contributed by atoms with E-state index in [1.54, 1.807) is 6.92 Å². The molecular formula is C11H14O5. The molecular weight excluding hydrogens is 212 g/mol. The van der Waals surface area contributed by atoms with Gasteiger partial charge < -0.3 is 19.7 Å². The summed E-state index contributed by atoms with van der Waals surface area (Å²) >= 11 is 0. The minimum atomic E-state index is -0.705. The van der Waals surface area contributed by atoms with Crippen molar-refractivity contribution in [2.45, 2.75) is 13.5 Å². The SMILES string of the molecule is COCc1c(O)cc(C)c(O)c1C(=O)OC. The molecule has 0 amide bonds. The molecule has 0 atom stereocenters. The maximum atomic E-state index is 11.5. The van der Waals surface area contributed by atoms with Crippen molar-refractivity contribution in [1.82, 2.24) is 0 Å². The van der Waals surface area contributed by atoms with Crippen molar-refractivity contribution in [2.24, 2.45) is 0 Å². The number of aromatic hydroxyl groups is 2. The molecule has 5 heteroatoms. The van der Waals surface area contributed by atoms with E-state index in [1.165, 1.54) is 20.3 Å². The van der Waals surface area contributed by atoms with E-state index in [1.807, 2.05) is 0 Å². The Kier molecular flexibility index (Phi) is 3.73. The van der Waals surface area contributed by atoms with Gasteiger partial charge in [-0.1, -0.05) is 0 Å². The van der Waals surface area contributed by atoms with Gasteiger partial charge >= 0.3 is 5.97 Å². The van der Waals surface area contributed by atoms with Crippen LogP contribution in [-0.4, -0.2) is 30.4 Å². The summed E-state index contributed by atoms with van der Waals surface area (Å²) in [4.78, 5) is 11.5. The molecule has 0 spiro atoms. The Hall–Kier alpha value is -1.75. The van der Waals surface area contributed by atoms with Crippen LogP contribution in [0.4, 0.5) is 0 Å². The number of hydrogen-bond donors (Lipinski definition) is 2. The third-order valence-corrected chi connectivity index (χ3v) is 2.25. The van der Waals surface area contributed by atoms with Crippen LogP contribution in [0.2, 0.25) is 0 Å². The van der Waals surface area contributed by atoms with E-state index in [9.17, 15) is 15.0 Å². The molecule has 16 heavy (non-hydrogen) atoms. The molecule has 0 saturated carbocycles. The predicted molar refractivity (Wildman–Crippen MR) is 56.6 cm³/mol. The molecule has 0 bridgehead atoms. The Balaban J connectivity index is 3.44. The highest BCUT2D eigenvalue weighted by molar-refractivity contribution is 5.95. The first-order valence-corrected chi connectivity index (χ1v) is 4.64. The van der Waals surface area contributed by atoms with Crippen molar-refractivity contribution >= 4 is 5.97 Å². The normalized spacial score (nSPS) is 10.2. The average Bonchev–Trinajstić information content (AvgIpc) is 2.25. The molecule has 1 aromatic rings. The fraction of sp³-hybridized carbons (Fsp3) is 0.364. The van der Waals surface area contributed by atoms with Gasteiger partial charge in [0.05, 0.1) is 13.7 Å². The standard InChI is InChI=1S/C11H14O5/c1-6-4-8(12)7(5-15-2)9(10(6)13)11(14)16-3/h4,12-13H,5H2,1-3H3. The van der Waals surface area contributed by atoms with Crippen molar-refractivity contribution in [3.05, 3.63) is 22.8 Å². The highest BCUT2D eigenvalue weighted by Crippen LogP contribution is 2.33. The number of ether oxygens (including phenoxy) is 2. The molecule has 0 aliphatic heterocycles. The first-order chi connectivity index (χ1) is 7.52. The maximum Gasteiger partial charge on any atom is 0.342 e. The van der Waals surface area contributed by atoms with Crippen molar-refractivity contribution in [3.8, 4) is 11.5 Å². The molecule has 1 rings (SSSR count). The van der Waals surface area contributed by atoms with Gasteiger partial charge in [-0.3, -0.25) is 0 Å². The topological polar surface area (TPSA) is 76.0 Å². The van der Waals surface area contributed by atoms with E-state index in [0.717, 1.165) is 0 Å². The van der Waals surface area contributed by atoms with Crippen LogP contribution < -0.4 is 0 Å². The fourth-order valence-corrected chi connectivity index (χ4v) is 1.44. The summed E-state index contributed by atoms with van der Waals surface area (Å²) < 4.78 is 9.41. The molecule has 1 aromatic carbocycles. The smallest absolute Gasteiger partial charge is 0.342 e. The van der Waals surface area contributed by atoms with Crippen LogP contribution in [0.1, 0.15) is 21.5 Å². The molecule has 0 saturated heterocycles. The lowest BCUT2D eigenvalue weighted by Crippen LogP contribution is -2.08. The minimum Gasteiger partial charge on any atom is -0.508 e. The number of hydrogen-bond acceptors (Lipinski definition) is 5. The molecule has 0 aliphatic carbocycles. The summed E-state index contributed by atoms with van der Waals surface area (Å²) in [6.45, 7) is 1.60. The number of phenolic OH excluding ortho intramolecular Hbond substituents is 2. The van der Waals surface area contributed by atoms with Crippen LogP contribution in [0.3, 0.4) is 0 Å². The second-order valence-corrected chi connectivity index (χ2v) is 3.34. The third-order valence-electron chi connectivity index (χ3n) is 2.25. The van der Waals surface area contributed by atoms with E-state index in [4.69, 9.17) is 4.74 Å². The summed E-state index contributed by atoms with van der Waals surface area (Å²) in [5.74, 6) is -1.00. The number of esters is 1. The average molecular weight is 226 g/mol. The van der Waals surface area contributed by atoms with Gasteiger partial charge in [0.25, 0.3) is 0 Å². The molecule has 0 aromatic heterocycles. The molecule has 0 radical (unpaired) electrons. The minimum absolute atomic E-state index is 0.0180. The van der Waals surface area contributed by atoms with Gasteiger partial charge in [0.1, 0.15) is 17.1 Å². The van der Waals surface area contributed by atoms with Crippen LogP contribution >= 0.6 is 0 Å². The Bertz CT molecular complexity index is 411. The van der Waals surface area contributed by atoms with Gasteiger partial charge in [-0.25, -0.2) is 4.79 Å². The number of benzene rings is 1. The van der Waals surface area contributed by atoms with Gasteiger partial charge in [0.15, 0.2) is 0 Å². The quantitative estimate of drug-likeness (QED) is 0.600. The van der Waals surface area contributed by atoms with E-state index in [0.29, 0.717) is 5.56 Å². The number of methoxy groups -OCH3 is 2. The van der Waals surface area contributed by atoms with Crippen molar-refractivity contribution < 1.29 is 24.5 Å². The summed E-state index contributed by atoms with van der Waals surface area (Å²) in [6.07, 6.45) is 0. The van der Waals surface area contributed by atoms with E-state index in [2.05, 4.69) is 4.74 Å². The van der Waals surface area contributed by atoms with Crippen LogP contribution in [0.25, 0.3) is 0 Å². The van der Waals surface area contributed by atoms with Gasteiger partial charge in [0.2, 0.25) is 0 Å². The summed E-state index contributed by atoms with van der Waals surface area (Å²) in [5, 5.41) is 19.4. The van der Waals surface area contributed by atoms with Crippen LogP contribution in [0.5, 0.6) is 11.5 Å². The number of phenols is 2. The summed E-state index contributed by atoms with van der Waals surface area (Å²) in [5.41, 5.74) is 0.567. The van der Waals surface area contributed by atoms with Gasteiger partial charge in [-0.15, -0.1) is 0 Å². The molecule has 0 heterocycles. The second-order valence-electron chi connectivity index (χ2n) is 3.34. The lowest BCUT2D eigenvalue weighted by Gasteiger charge is -2.13. The summed E-state index contributed by atoms with van der Waals surface area (Å²) in [6, 6.07) is 1.37. The zero-order chi connectivity index (χ0) is 12.3. The Morgan fingerprint density at radius 1 is 1.38 bits per heavy atom. The largest absolute Gasteiger partial charge is 0.508 e. The zero-order valence-electron chi connectivity index (χ0n) is 9.40. The molecule has 0 fully saturated rings. The zero-order valence-corrected chi connectivity index (χ0v) is 9.40. The fourth-order valence-electron chi connectivity index (χ4n) is 1.44. The second kappa shape index (κ2) is 4.85. The lowest BCUT2D eigenvalue weighted by molar-refractivity contribution is 0.0591. The highest BCUT2D eigenvalue weighted by Gasteiger charge is 2.22. The van der Waals surface area contributed by atoms with Crippen LogP contribution in [-0.2, 0) is 16.1 Å². The first kappa shape index (κ1) is 12.3. The Labute approximate surface area is 93.2 Å². The lowest BCUT2D eigenvalue weighted by atomic mass is 10.0. The summed E-state index contributed by atoms with van der Waals surface area (Å²) in [7, 11) is 2.63. The Morgan fingerprint density at radius 2 is 2.00 bits per heavy atom. The van der Waals surface area contributed by atoms with Crippen molar-refractivity contribution in [2.75, 3.05) is 14.2 Å². The maximum absolute atomic E-state index is 11.5. The van der Waals surface area contributed by atoms with E-state index >= 15 is 0 Å². The molecule has 5 nitrogen and oxygen atoms in total. The van der Waals surface area contributed by atoms with E-state index < -0.39 is 5.97 Å². The molecule has 0 unspecified atom stereocenters. The number of carbonyl (C=O) groups excluding carboxylic acids is 1. The molecule has 2 N–H and O–H groups in total. The molecule has 0 aliphatic rings. The van der Waals surface area contributed by atoms with Gasteiger partial charge in [-0.2, -0.15) is 0 Å². The third kappa shape index (κ3) is 2.09. The van der Waals surface area contributed by atoms with Crippen LogP contribution in [0, 0.1) is 6.92 Å². The first-order valence-electron chi connectivity index (χ1n) is 4.64.